The summed E-state index contributed by atoms with van der Waals surface area (Å²) in [6.45, 7) is 5.95. The van der Waals surface area contributed by atoms with Crippen molar-refractivity contribution in [3.8, 4) is 6.07 Å². The Kier molecular flexibility index (Phi) is 8.26. The van der Waals surface area contributed by atoms with Gasteiger partial charge in [0, 0.05) is 17.9 Å². The first-order chi connectivity index (χ1) is 17.5. The normalized spacial score (nSPS) is 22.2. The lowest BCUT2D eigenvalue weighted by atomic mass is 9.79. The van der Waals surface area contributed by atoms with Crippen LogP contribution >= 0.6 is 0 Å². The second-order valence-corrected chi connectivity index (χ2v) is 13.1. The molecule has 3 unspecified atom stereocenters. The summed E-state index contributed by atoms with van der Waals surface area (Å²) in [6.07, 6.45) is 3.37. The number of carbonyl (C=O) groups is 1. The molecular weight excluding hydrogens is 491 g/mol. The summed E-state index contributed by atoms with van der Waals surface area (Å²) < 4.78 is 31.3. The number of aliphatic hydroxyl groups is 1. The number of nitriles is 1. The Hall–Kier alpha value is -2.48. The Labute approximate surface area is 221 Å². The molecule has 1 aliphatic heterocycles. The molecule has 2 aromatic rings. The molecule has 0 bridgehead atoms. The summed E-state index contributed by atoms with van der Waals surface area (Å²) in [5, 5.41) is 25.0. The predicted molar refractivity (Wildman–Crippen MR) is 142 cm³/mol. The standard InChI is InChI=1S/C28H35FN4O3S/c1-27(2,3)37(36)33-28(12-11-18-7-8-18,20-6-4-5-19(13-20)16-30)21-9-10-23(29)24(14-21)32-26(35)25-15-22(34)17-31-25/h4-6,9-10,13-14,18,22,25,31,33-34H,7-8,11-12,15,17H2,1-3H3,(H,32,35)/t22?,25?,28?,37-/m1/s1. The highest BCUT2D eigenvalue weighted by atomic mass is 32.2. The highest BCUT2D eigenvalue weighted by Gasteiger charge is 2.43. The molecule has 0 aromatic heterocycles. The van der Waals surface area contributed by atoms with E-state index >= 15 is 0 Å². The molecule has 2 fully saturated rings. The van der Waals surface area contributed by atoms with Crippen molar-refractivity contribution in [2.75, 3.05) is 11.9 Å². The number of nitrogens with one attached hydrogen (secondary N) is 3. The van der Waals surface area contributed by atoms with Gasteiger partial charge >= 0.3 is 0 Å². The maximum absolute atomic E-state index is 15.0. The van der Waals surface area contributed by atoms with Crippen LogP contribution in [-0.2, 0) is 21.7 Å². The number of hydrogen-bond donors (Lipinski definition) is 4. The van der Waals surface area contributed by atoms with Crippen molar-refractivity contribution in [2.24, 2.45) is 5.92 Å². The van der Waals surface area contributed by atoms with Crippen LogP contribution in [0.3, 0.4) is 0 Å². The molecule has 2 aromatic carbocycles. The lowest BCUT2D eigenvalue weighted by molar-refractivity contribution is -0.118. The van der Waals surface area contributed by atoms with E-state index in [9.17, 15) is 24.1 Å². The SMILES string of the molecule is CC(C)(C)[S@@+]([O-])NC(CCC1CC1)(c1cccc(C#N)c1)c1ccc(F)c(NC(=O)C2CC(O)CN2)c1. The fraction of sp³-hybridized carbons (Fsp3) is 0.500. The third-order valence-corrected chi connectivity index (χ3v) is 8.72. The number of amides is 1. The van der Waals surface area contributed by atoms with E-state index in [1.54, 1.807) is 30.3 Å². The van der Waals surface area contributed by atoms with E-state index in [-0.39, 0.29) is 12.1 Å². The minimum atomic E-state index is -1.49. The zero-order valence-corrected chi connectivity index (χ0v) is 22.3. The number of aliphatic hydroxyl groups excluding tert-OH is 1. The average Bonchev–Trinajstić information content (AvgIpc) is 3.60. The molecule has 0 radical (unpaired) electrons. The second kappa shape index (κ2) is 11.1. The quantitative estimate of drug-likeness (QED) is 0.369. The summed E-state index contributed by atoms with van der Waals surface area (Å²) in [5.41, 5.74) is 0.911. The van der Waals surface area contributed by atoms with Crippen molar-refractivity contribution in [2.45, 2.75) is 75.3 Å². The molecular formula is C28H35FN4O3S. The minimum Gasteiger partial charge on any atom is -0.598 e. The molecule has 1 aliphatic carbocycles. The number of β-amino-alcohol motifs (C(OH)–C–C–N with tert-alkyl or cyclic N) is 1. The van der Waals surface area contributed by atoms with E-state index in [0.717, 1.165) is 24.8 Å². The van der Waals surface area contributed by atoms with Crippen molar-refractivity contribution in [1.29, 1.82) is 5.26 Å². The highest BCUT2D eigenvalue weighted by molar-refractivity contribution is 7.90. The van der Waals surface area contributed by atoms with Gasteiger partial charge in [-0.1, -0.05) is 31.0 Å². The van der Waals surface area contributed by atoms with Gasteiger partial charge in [0.1, 0.15) is 16.1 Å². The van der Waals surface area contributed by atoms with Gasteiger partial charge in [-0.3, -0.25) is 4.79 Å². The van der Waals surface area contributed by atoms with E-state index in [1.807, 2.05) is 26.8 Å². The molecule has 1 saturated heterocycles. The third-order valence-electron chi connectivity index (χ3n) is 7.07. The largest absolute Gasteiger partial charge is 0.598 e. The number of carbonyl (C=O) groups excluding carboxylic acids is 1. The Morgan fingerprint density at radius 1 is 1.24 bits per heavy atom. The van der Waals surface area contributed by atoms with Gasteiger partial charge in [-0.05, 0) is 81.3 Å². The van der Waals surface area contributed by atoms with Crippen LogP contribution in [0.2, 0.25) is 0 Å². The van der Waals surface area contributed by atoms with E-state index in [2.05, 4.69) is 21.4 Å². The predicted octanol–water partition coefficient (Wildman–Crippen LogP) is 3.84. The van der Waals surface area contributed by atoms with Crippen molar-refractivity contribution >= 4 is 23.0 Å². The fourth-order valence-corrected chi connectivity index (χ4v) is 5.60. The molecule has 1 heterocycles. The first-order valence-corrected chi connectivity index (χ1v) is 13.9. The van der Waals surface area contributed by atoms with E-state index in [0.29, 0.717) is 30.0 Å². The van der Waals surface area contributed by atoms with Crippen molar-refractivity contribution in [1.82, 2.24) is 10.0 Å². The molecule has 2 aliphatic rings. The summed E-state index contributed by atoms with van der Waals surface area (Å²) >= 11 is -1.49. The molecule has 37 heavy (non-hydrogen) atoms. The first kappa shape index (κ1) is 27.6. The maximum Gasteiger partial charge on any atom is 0.241 e. The molecule has 4 atom stereocenters. The van der Waals surface area contributed by atoms with Crippen LogP contribution in [0.4, 0.5) is 10.1 Å². The second-order valence-electron chi connectivity index (χ2n) is 11.1. The number of rotatable bonds is 9. The molecule has 7 nitrogen and oxygen atoms in total. The Bertz CT molecular complexity index is 1180. The summed E-state index contributed by atoms with van der Waals surface area (Å²) in [6, 6.07) is 13.3. The lowest BCUT2D eigenvalue weighted by Crippen LogP contribution is -2.52. The fourth-order valence-electron chi connectivity index (χ4n) is 4.64. The van der Waals surface area contributed by atoms with Crippen LogP contribution in [0, 0.1) is 23.1 Å². The van der Waals surface area contributed by atoms with Crippen molar-refractivity contribution in [3.05, 3.63) is 65.0 Å². The van der Waals surface area contributed by atoms with Crippen molar-refractivity contribution in [3.63, 3.8) is 0 Å². The van der Waals surface area contributed by atoms with E-state index in [4.69, 9.17) is 0 Å². The zero-order valence-electron chi connectivity index (χ0n) is 21.5. The van der Waals surface area contributed by atoms with Gasteiger partial charge in [0.25, 0.3) is 0 Å². The highest BCUT2D eigenvalue weighted by Crippen LogP contribution is 2.43. The molecule has 1 amide bonds. The smallest absolute Gasteiger partial charge is 0.241 e. The maximum atomic E-state index is 15.0. The van der Waals surface area contributed by atoms with Gasteiger partial charge in [0.05, 0.1) is 29.5 Å². The van der Waals surface area contributed by atoms with Crippen LogP contribution < -0.4 is 15.4 Å². The van der Waals surface area contributed by atoms with Gasteiger partial charge in [0.15, 0.2) is 0 Å². The monoisotopic (exact) mass is 526 g/mol. The van der Waals surface area contributed by atoms with Crippen LogP contribution in [-0.4, -0.2) is 39.0 Å². The van der Waals surface area contributed by atoms with Crippen LogP contribution in [0.1, 0.15) is 69.6 Å². The van der Waals surface area contributed by atoms with Crippen LogP contribution in [0.5, 0.6) is 0 Å². The van der Waals surface area contributed by atoms with Gasteiger partial charge in [0.2, 0.25) is 5.91 Å². The average molecular weight is 527 g/mol. The number of halogens is 1. The zero-order chi connectivity index (χ0) is 26.8. The topological polar surface area (TPSA) is 120 Å². The molecule has 1 saturated carbocycles. The number of hydrogen-bond acceptors (Lipinski definition) is 6. The van der Waals surface area contributed by atoms with E-state index < -0.39 is 45.5 Å². The van der Waals surface area contributed by atoms with Crippen LogP contribution in [0.25, 0.3) is 0 Å². The number of nitrogens with zero attached hydrogens (tertiary/aromatic N) is 1. The van der Waals surface area contributed by atoms with E-state index in [1.165, 1.54) is 6.07 Å². The van der Waals surface area contributed by atoms with Crippen LogP contribution in [0.15, 0.2) is 42.5 Å². The minimum absolute atomic E-state index is 0.0151. The molecule has 198 valence electrons. The third kappa shape index (κ3) is 6.51. The van der Waals surface area contributed by atoms with Gasteiger partial charge in [-0.15, -0.1) is 4.72 Å². The lowest BCUT2D eigenvalue weighted by Gasteiger charge is -2.39. The van der Waals surface area contributed by atoms with Crippen molar-refractivity contribution < 1.29 is 18.8 Å². The Morgan fingerprint density at radius 3 is 2.59 bits per heavy atom. The van der Waals surface area contributed by atoms with Gasteiger partial charge in [-0.2, -0.15) is 5.26 Å². The summed E-state index contributed by atoms with van der Waals surface area (Å²) in [4.78, 5) is 12.8. The van der Waals surface area contributed by atoms with Gasteiger partial charge < -0.3 is 20.3 Å². The molecule has 0 spiro atoms. The first-order valence-electron chi connectivity index (χ1n) is 12.7. The number of anilines is 1. The molecule has 9 heteroatoms. The molecule has 4 N–H and O–H groups in total. The summed E-state index contributed by atoms with van der Waals surface area (Å²) in [5.74, 6) is -0.439. The summed E-state index contributed by atoms with van der Waals surface area (Å²) in [7, 11) is 0. The number of benzene rings is 2. The van der Waals surface area contributed by atoms with Gasteiger partial charge in [-0.25, -0.2) is 4.39 Å². The Morgan fingerprint density at radius 2 is 1.97 bits per heavy atom. The molecule has 4 rings (SSSR count). The Balaban J connectivity index is 1.79.